The number of anilines is 1. The lowest BCUT2D eigenvalue weighted by Crippen LogP contribution is -2.52. The van der Waals surface area contributed by atoms with Crippen LogP contribution in [0, 0.1) is 5.92 Å². The highest BCUT2D eigenvalue weighted by Crippen LogP contribution is 2.17. The van der Waals surface area contributed by atoms with E-state index in [1.54, 1.807) is 0 Å². The van der Waals surface area contributed by atoms with Crippen molar-refractivity contribution in [2.24, 2.45) is 10.9 Å². The number of hydrogen-bond acceptors (Lipinski definition) is 5. The molecule has 0 saturated carbocycles. The van der Waals surface area contributed by atoms with Crippen LogP contribution in [0.4, 0.5) is 5.69 Å². The molecular weight excluding hydrogens is 378 g/mol. The van der Waals surface area contributed by atoms with Crippen molar-refractivity contribution in [3.05, 3.63) is 29.8 Å². The Labute approximate surface area is 181 Å². The molecule has 0 spiro atoms. The van der Waals surface area contributed by atoms with Crippen molar-refractivity contribution in [1.82, 2.24) is 15.5 Å². The van der Waals surface area contributed by atoms with E-state index in [0.717, 1.165) is 71.7 Å². The van der Waals surface area contributed by atoms with Gasteiger partial charge in [-0.25, -0.2) is 4.99 Å². The molecular formula is C23H39N5O2. The van der Waals surface area contributed by atoms with E-state index in [9.17, 15) is 0 Å². The first-order valence-corrected chi connectivity index (χ1v) is 11.4. The van der Waals surface area contributed by atoms with Gasteiger partial charge in [-0.15, -0.1) is 0 Å². The largest absolute Gasteiger partial charge is 0.379 e. The first-order valence-electron chi connectivity index (χ1n) is 11.4. The van der Waals surface area contributed by atoms with Crippen LogP contribution in [0.25, 0.3) is 0 Å². The quantitative estimate of drug-likeness (QED) is 0.498. The highest BCUT2D eigenvalue weighted by atomic mass is 16.5. The van der Waals surface area contributed by atoms with Crippen LogP contribution >= 0.6 is 0 Å². The standard InChI is InChI=1S/C23H39N5O2/c1-4-24-23(26-18-22(19(2)3)28-11-15-30-16-12-28)25-17-20-5-7-21(8-6-20)27-9-13-29-14-10-27/h5-8,19,22H,4,9-18H2,1-3H3,(H2,24,25,26). The molecule has 1 atom stereocenters. The summed E-state index contributed by atoms with van der Waals surface area (Å²) in [6, 6.07) is 9.24. The number of benzene rings is 1. The summed E-state index contributed by atoms with van der Waals surface area (Å²) in [5.41, 5.74) is 2.49. The average Bonchev–Trinajstić information content (AvgIpc) is 2.79. The molecule has 0 bridgehead atoms. The van der Waals surface area contributed by atoms with Gasteiger partial charge in [-0.2, -0.15) is 0 Å². The van der Waals surface area contributed by atoms with Crippen molar-refractivity contribution in [3.8, 4) is 0 Å². The highest BCUT2D eigenvalue weighted by Gasteiger charge is 2.23. The van der Waals surface area contributed by atoms with Crippen LogP contribution in [0.3, 0.4) is 0 Å². The molecule has 0 aliphatic carbocycles. The van der Waals surface area contributed by atoms with E-state index in [4.69, 9.17) is 14.5 Å². The van der Waals surface area contributed by atoms with Crippen molar-refractivity contribution in [3.63, 3.8) is 0 Å². The van der Waals surface area contributed by atoms with Gasteiger partial charge in [0.2, 0.25) is 0 Å². The Morgan fingerprint density at radius 3 is 2.20 bits per heavy atom. The van der Waals surface area contributed by atoms with Gasteiger partial charge in [0.05, 0.1) is 33.0 Å². The zero-order valence-electron chi connectivity index (χ0n) is 18.9. The van der Waals surface area contributed by atoms with Crippen molar-refractivity contribution in [2.75, 3.05) is 70.6 Å². The van der Waals surface area contributed by atoms with Gasteiger partial charge >= 0.3 is 0 Å². The summed E-state index contributed by atoms with van der Waals surface area (Å²) in [6.07, 6.45) is 0. The zero-order chi connectivity index (χ0) is 21.2. The topological polar surface area (TPSA) is 61.4 Å². The third kappa shape index (κ3) is 6.86. The summed E-state index contributed by atoms with van der Waals surface area (Å²) in [4.78, 5) is 9.73. The van der Waals surface area contributed by atoms with Crippen LogP contribution in [-0.2, 0) is 16.0 Å². The third-order valence-corrected chi connectivity index (χ3v) is 5.84. The molecule has 7 heteroatoms. The van der Waals surface area contributed by atoms with E-state index < -0.39 is 0 Å². The number of nitrogens with zero attached hydrogens (tertiary/aromatic N) is 3. The van der Waals surface area contributed by atoms with Gasteiger partial charge in [-0.1, -0.05) is 26.0 Å². The molecule has 2 fully saturated rings. The Balaban J connectivity index is 1.55. The van der Waals surface area contributed by atoms with Gasteiger partial charge in [-0.3, -0.25) is 4.90 Å². The molecule has 2 heterocycles. The van der Waals surface area contributed by atoms with Gasteiger partial charge in [-0.05, 0) is 30.5 Å². The number of hydrogen-bond donors (Lipinski definition) is 2. The maximum atomic E-state index is 5.52. The number of aliphatic imine (C=N–C) groups is 1. The monoisotopic (exact) mass is 417 g/mol. The van der Waals surface area contributed by atoms with E-state index in [0.29, 0.717) is 18.5 Å². The number of morpholine rings is 2. The molecule has 1 aromatic carbocycles. The number of nitrogens with one attached hydrogen (secondary N) is 2. The molecule has 2 aliphatic heterocycles. The Hall–Kier alpha value is -1.83. The van der Waals surface area contributed by atoms with Crippen LogP contribution in [0.2, 0.25) is 0 Å². The van der Waals surface area contributed by atoms with Gasteiger partial charge < -0.3 is 25.0 Å². The smallest absolute Gasteiger partial charge is 0.191 e. The Bertz CT molecular complexity index is 637. The molecule has 30 heavy (non-hydrogen) atoms. The number of ether oxygens (including phenoxy) is 2. The van der Waals surface area contributed by atoms with Gasteiger partial charge in [0.15, 0.2) is 5.96 Å². The predicted octanol–water partition coefficient (Wildman–Crippen LogP) is 1.94. The summed E-state index contributed by atoms with van der Waals surface area (Å²) < 4.78 is 11.0. The molecule has 168 valence electrons. The van der Waals surface area contributed by atoms with E-state index in [2.05, 4.69) is 65.5 Å². The minimum Gasteiger partial charge on any atom is -0.379 e. The van der Waals surface area contributed by atoms with Crippen LogP contribution in [0.15, 0.2) is 29.3 Å². The first kappa shape index (κ1) is 22.8. The molecule has 3 rings (SSSR count). The summed E-state index contributed by atoms with van der Waals surface area (Å²) in [6.45, 7) is 16.3. The molecule has 0 aromatic heterocycles. The Morgan fingerprint density at radius 1 is 0.967 bits per heavy atom. The van der Waals surface area contributed by atoms with Crippen LogP contribution in [-0.4, -0.2) is 82.6 Å². The minimum absolute atomic E-state index is 0.477. The van der Waals surface area contributed by atoms with E-state index >= 15 is 0 Å². The Kier molecular flexibility index (Phi) is 9.24. The number of rotatable bonds is 8. The highest BCUT2D eigenvalue weighted by molar-refractivity contribution is 5.79. The lowest BCUT2D eigenvalue weighted by Gasteiger charge is -2.37. The molecule has 0 amide bonds. The third-order valence-electron chi connectivity index (χ3n) is 5.84. The maximum absolute atomic E-state index is 5.52. The first-order chi connectivity index (χ1) is 14.7. The second-order valence-corrected chi connectivity index (χ2v) is 8.30. The average molecular weight is 418 g/mol. The molecule has 2 N–H and O–H groups in total. The zero-order valence-corrected chi connectivity index (χ0v) is 18.9. The van der Waals surface area contributed by atoms with E-state index in [1.807, 2.05) is 0 Å². The second-order valence-electron chi connectivity index (χ2n) is 8.30. The molecule has 1 unspecified atom stereocenters. The van der Waals surface area contributed by atoms with Crippen LogP contribution in [0.5, 0.6) is 0 Å². The van der Waals surface area contributed by atoms with Gasteiger partial charge in [0.1, 0.15) is 0 Å². The van der Waals surface area contributed by atoms with Crippen molar-refractivity contribution in [2.45, 2.75) is 33.4 Å². The van der Waals surface area contributed by atoms with Crippen molar-refractivity contribution in [1.29, 1.82) is 0 Å². The van der Waals surface area contributed by atoms with E-state index in [1.165, 1.54) is 11.3 Å². The van der Waals surface area contributed by atoms with Crippen molar-refractivity contribution < 1.29 is 9.47 Å². The predicted molar refractivity (Wildman–Crippen MR) is 123 cm³/mol. The minimum atomic E-state index is 0.477. The molecule has 2 saturated heterocycles. The van der Waals surface area contributed by atoms with Gasteiger partial charge in [0.25, 0.3) is 0 Å². The fourth-order valence-electron chi connectivity index (χ4n) is 4.04. The molecule has 7 nitrogen and oxygen atoms in total. The fourth-order valence-corrected chi connectivity index (χ4v) is 4.04. The lowest BCUT2D eigenvalue weighted by molar-refractivity contribution is 0.00752. The Morgan fingerprint density at radius 2 is 1.60 bits per heavy atom. The normalized spacial score (nSPS) is 19.7. The molecule has 2 aliphatic rings. The number of guanidine groups is 1. The van der Waals surface area contributed by atoms with Crippen LogP contribution in [0.1, 0.15) is 26.3 Å². The van der Waals surface area contributed by atoms with Gasteiger partial charge in [0, 0.05) is 51.0 Å². The van der Waals surface area contributed by atoms with Crippen LogP contribution < -0.4 is 15.5 Å². The summed E-state index contributed by atoms with van der Waals surface area (Å²) in [7, 11) is 0. The second kappa shape index (κ2) is 12.1. The van der Waals surface area contributed by atoms with E-state index in [-0.39, 0.29) is 0 Å². The SMILES string of the molecule is CCNC(=NCc1ccc(N2CCOCC2)cc1)NCC(C(C)C)N1CCOCC1. The summed E-state index contributed by atoms with van der Waals surface area (Å²) >= 11 is 0. The molecule has 0 radical (unpaired) electrons. The fraction of sp³-hybridized carbons (Fsp3) is 0.696. The summed E-state index contributed by atoms with van der Waals surface area (Å²) in [5, 5.41) is 6.95. The summed E-state index contributed by atoms with van der Waals surface area (Å²) in [5.74, 6) is 1.46. The lowest BCUT2D eigenvalue weighted by atomic mass is 10.0. The molecule has 1 aromatic rings. The van der Waals surface area contributed by atoms with Crippen molar-refractivity contribution >= 4 is 11.6 Å². The maximum Gasteiger partial charge on any atom is 0.191 e.